The number of aryl methyl sites for hydroxylation is 2. The summed E-state index contributed by atoms with van der Waals surface area (Å²) in [5, 5.41) is 13.1. The van der Waals surface area contributed by atoms with Gasteiger partial charge in [0.1, 0.15) is 5.82 Å². The van der Waals surface area contributed by atoms with E-state index in [-0.39, 0.29) is 48.7 Å². The summed E-state index contributed by atoms with van der Waals surface area (Å²) in [5.41, 5.74) is 3.36. The highest BCUT2D eigenvalue weighted by Gasteiger charge is 2.47. The number of benzene rings is 2. The molecule has 0 radical (unpaired) electrons. The van der Waals surface area contributed by atoms with Crippen molar-refractivity contribution in [1.29, 1.82) is 0 Å². The van der Waals surface area contributed by atoms with Crippen LogP contribution in [-0.2, 0) is 17.1 Å². The van der Waals surface area contributed by atoms with Gasteiger partial charge in [0.2, 0.25) is 10.9 Å². The lowest BCUT2D eigenvalue weighted by Gasteiger charge is -2.45. The van der Waals surface area contributed by atoms with Gasteiger partial charge in [-0.25, -0.2) is 26.3 Å². The molecule has 1 saturated carbocycles. The quantitative estimate of drug-likeness (QED) is 0.358. The topological polar surface area (TPSA) is 89.2 Å². The van der Waals surface area contributed by atoms with Crippen molar-refractivity contribution in [3.63, 3.8) is 0 Å². The number of aromatic nitrogens is 5. The molecule has 0 bridgehead atoms. The first-order chi connectivity index (χ1) is 18.5. The van der Waals surface area contributed by atoms with Gasteiger partial charge >= 0.3 is 0 Å². The largest absolute Gasteiger partial charge is 0.293 e. The van der Waals surface area contributed by atoms with Crippen molar-refractivity contribution < 1.29 is 21.6 Å². The molecule has 2 aromatic heterocycles. The van der Waals surface area contributed by atoms with E-state index in [1.54, 1.807) is 30.1 Å². The monoisotopic (exact) mass is 559 g/mol. The fourth-order valence-electron chi connectivity index (χ4n) is 5.69. The molecule has 39 heavy (non-hydrogen) atoms. The maximum absolute atomic E-state index is 13.6. The van der Waals surface area contributed by atoms with Crippen LogP contribution in [0.4, 0.5) is 13.2 Å². The van der Waals surface area contributed by atoms with Crippen LogP contribution in [0.3, 0.4) is 0 Å². The second kappa shape index (κ2) is 9.42. The zero-order chi connectivity index (χ0) is 27.5. The fraction of sp³-hybridized carbons (Fsp3) is 0.423. The molecule has 2 aliphatic rings. The number of nitrogens with zero attached hydrogens (tertiary/aromatic N) is 7. The highest BCUT2D eigenvalue weighted by Crippen LogP contribution is 2.44. The Kier molecular flexibility index (Phi) is 6.27. The number of fused-ring (bicyclic) bond motifs is 1. The fourth-order valence-corrected chi connectivity index (χ4v) is 7.02. The zero-order valence-electron chi connectivity index (χ0n) is 21.5. The van der Waals surface area contributed by atoms with Crippen LogP contribution in [0, 0.1) is 18.7 Å². The molecule has 1 atom stereocenters. The number of piperazine rings is 1. The van der Waals surface area contributed by atoms with Gasteiger partial charge in [-0.1, -0.05) is 0 Å². The summed E-state index contributed by atoms with van der Waals surface area (Å²) in [4.78, 5) is 3.33. The SMILES string of the molecule is Cc1cc2c(cnn2-c2ccc(F)cc2)cc1[C@H]1CN(S(=O)(=O)c2cnn(C)n2)CCN1CC1CC(F)(F)C1. The summed E-state index contributed by atoms with van der Waals surface area (Å²) >= 11 is 0. The third-order valence-corrected chi connectivity index (χ3v) is 9.42. The summed E-state index contributed by atoms with van der Waals surface area (Å²) in [6.07, 6.45) is 2.64. The smallest absolute Gasteiger partial charge is 0.264 e. The molecule has 0 unspecified atom stereocenters. The normalized spacial score (nSPS) is 20.9. The minimum atomic E-state index is -3.89. The molecule has 13 heteroatoms. The van der Waals surface area contributed by atoms with Gasteiger partial charge in [0.05, 0.1) is 23.6 Å². The van der Waals surface area contributed by atoms with Gasteiger partial charge in [-0.3, -0.25) is 4.90 Å². The van der Waals surface area contributed by atoms with Crippen LogP contribution in [0.15, 0.2) is 53.8 Å². The molecule has 1 saturated heterocycles. The van der Waals surface area contributed by atoms with Crippen LogP contribution >= 0.6 is 0 Å². The highest BCUT2D eigenvalue weighted by atomic mass is 32.2. The van der Waals surface area contributed by atoms with Crippen molar-refractivity contribution in [1.82, 2.24) is 34.0 Å². The van der Waals surface area contributed by atoms with Crippen molar-refractivity contribution >= 4 is 20.9 Å². The molecule has 2 aromatic carbocycles. The number of hydrogen-bond acceptors (Lipinski definition) is 6. The van der Waals surface area contributed by atoms with E-state index in [0.717, 1.165) is 22.0 Å². The van der Waals surface area contributed by atoms with Gasteiger partial charge in [-0.05, 0) is 60.4 Å². The van der Waals surface area contributed by atoms with Gasteiger partial charge in [-0.2, -0.15) is 19.3 Å². The van der Waals surface area contributed by atoms with Crippen molar-refractivity contribution in [2.24, 2.45) is 13.0 Å². The van der Waals surface area contributed by atoms with E-state index in [0.29, 0.717) is 18.8 Å². The van der Waals surface area contributed by atoms with Crippen molar-refractivity contribution in [2.45, 2.75) is 36.8 Å². The standard InChI is InChI=1S/C26H28F3N7O2S/c1-17-9-23-19(13-31-36(23)21-5-3-20(27)4-6-21)10-22(17)24-16-35(39(37,38)25-14-30-33(2)32-25)8-7-34(24)15-18-11-26(28,29)12-18/h3-6,9-10,13-14,18,24H,7-8,11-12,15-16H2,1-2H3/t24-/m1/s1. The minimum absolute atomic E-state index is 0.122. The van der Waals surface area contributed by atoms with E-state index in [4.69, 9.17) is 0 Å². The molecule has 0 N–H and O–H groups in total. The predicted octanol–water partition coefficient (Wildman–Crippen LogP) is 3.69. The van der Waals surface area contributed by atoms with Crippen molar-refractivity contribution in [2.75, 3.05) is 26.2 Å². The van der Waals surface area contributed by atoms with Gasteiger partial charge in [0, 0.05) is 57.5 Å². The zero-order valence-corrected chi connectivity index (χ0v) is 22.3. The maximum Gasteiger partial charge on any atom is 0.264 e. The first-order valence-corrected chi connectivity index (χ1v) is 14.2. The summed E-state index contributed by atoms with van der Waals surface area (Å²) < 4.78 is 70.6. The van der Waals surface area contributed by atoms with Gasteiger partial charge in [0.25, 0.3) is 10.0 Å². The maximum atomic E-state index is 13.6. The average molecular weight is 560 g/mol. The number of sulfonamides is 1. The highest BCUT2D eigenvalue weighted by molar-refractivity contribution is 7.89. The summed E-state index contributed by atoms with van der Waals surface area (Å²) in [7, 11) is -2.34. The number of halogens is 3. The third-order valence-electron chi connectivity index (χ3n) is 7.69. The second-order valence-electron chi connectivity index (χ2n) is 10.5. The Bertz CT molecular complexity index is 1630. The molecule has 6 rings (SSSR count). The first kappa shape index (κ1) is 26.0. The van der Waals surface area contributed by atoms with Crippen LogP contribution in [0.1, 0.15) is 30.0 Å². The summed E-state index contributed by atoms with van der Waals surface area (Å²) in [5.74, 6) is -3.10. The summed E-state index contributed by atoms with van der Waals surface area (Å²) in [6.45, 7) is 3.19. The molecule has 3 heterocycles. The lowest BCUT2D eigenvalue weighted by Crippen LogP contribution is -2.53. The van der Waals surface area contributed by atoms with Crippen LogP contribution in [0.2, 0.25) is 0 Å². The molecule has 2 fully saturated rings. The Morgan fingerprint density at radius 3 is 2.46 bits per heavy atom. The van der Waals surface area contributed by atoms with Crippen molar-refractivity contribution in [3.05, 3.63) is 65.7 Å². The van der Waals surface area contributed by atoms with E-state index in [9.17, 15) is 21.6 Å². The van der Waals surface area contributed by atoms with E-state index < -0.39 is 15.9 Å². The van der Waals surface area contributed by atoms with Crippen LogP contribution in [0.5, 0.6) is 0 Å². The minimum Gasteiger partial charge on any atom is -0.293 e. The van der Waals surface area contributed by atoms with Crippen molar-refractivity contribution in [3.8, 4) is 5.69 Å². The van der Waals surface area contributed by atoms with E-state index in [1.807, 2.05) is 19.1 Å². The molecule has 1 aliphatic heterocycles. The molecular weight excluding hydrogens is 531 g/mol. The van der Waals surface area contributed by atoms with Gasteiger partial charge in [-0.15, -0.1) is 5.10 Å². The van der Waals surface area contributed by atoms with E-state index in [1.165, 1.54) is 27.4 Å². The molecule has 9 nitrogen and oxygen atoms in total. The van der Waals surface area contributed by atoms with E-state index >= 15 is 0 Å². The van der Waals surface area contributed by atoms with Crippen LogP contribution in [-0.4, -0.2) is 74.5 Å². The molecule has 4 aromatic rings. The lowest BCUT2D eigenvalue weighted by atomic mass is 9.80. The Balaban J connectivity index is 1.35. The van der Waals surface area contributed by atoms with Gasteiger partial charge < -0.3 is 0 Å². The molecule has 1 aliphatic carbocycles. The summed E-state index contributed by atoms with van der Waals surface area (Å²) in [6, 6.07) is 9.67. The average Bonchev–Trinajstić information content (AvgIpc) is 3.49. The Morgan fingerprint density at radius 1 is 1.05 bits per heavy atom. The Labute approximate surface area is 223 Å². The lowest BCUT2D eigenvalue weighted by molar-refractivity contribution is -0.120. The van der Waals surface area contributed by atoms with Gasteiger partial charge in [0.15, 0.2) is 0 Å². The van der Waals surface area contributed by atoms with Crippen LogP contribution < -0.4 is 0 Å². The second-order valence-corrected chi connectivity index (χ2v) is 12.4. The molecular formula is C26H28F3N7O2S. The third kappa shape index (κ3) is 4.83. The Hall–Kier alpha value is -3.29. The molecule has 0 amide bonds. The molecule has 206 valence electrons. The number of alkyl halides is 2. The van der Waals surface area contributed by atoms with E-state index in [2.05, 4.69) is 20.2 Å². The van der Waals surface area contributed by atoms with Crippen LogP contribution in [0.25, 0.3) is 16.6 Å². The number of rotatable bonds is 6. The molecule has 0 spiro atoms. The Morgan fingerprint density at radius 2 is 1.79 bits per heavy atom. The first-order valence-electron chi connectivity index (χ1n) is 12.7. The number of hydrogen-bond donors (Lipinski definition) is 0. The predicted molar refractivity (Wildman–Crippen MR) is 138 cm³/mol.